The number of nitrogens with zero attached hydrogens (tertiary/aromatic N) is 2. The minimum Gasteiger partial charge on any atom is -0.497 e. The molecular formula is C19H18ClN3O4. The first-order valence-electron chi connectivity index (χ1n) is 8.21. The van der Waals surface area contributed by atoms with Crippen LogP contribution in [0.5, 0.6) is 11.5 Å². The average molecular weight is 388 g/mol. The van der Waals surface area contributed by atoms with Gasteiger partial charge in [0.1, 0.15) is 17.2 Å². The molecule has 27 heavy (non-hydrogen) atoms. The summed E-state index contributed by atoms with van der Waals surface area (Å²) in [6.07, 6.45) is 0.436. The molecule has 0 aliphatic carbocycles. The van der Waals surface area contributed by atoms with Crippen molar-refractivity contribution in [1.82, 2.24) is 0 Å². The zero-order valence-corrected chi connectivity index (χ0v) is 15.6. The van der Waals surface area contributed by atoms with E-state index in [-0.39, 0.29) is 24.5 Å². The summed E-state index contributed by atoms with van der Waals surface area (Å²) in [5, 5.41) is 8.77. The number of carbonyl (C=O) groups excluding carboxylic acids is 2. The standard InChI is InChI=1S/C19H18ClN3O4/c1-26-14-7-9-17(27-2)16(11-14)21-19(25)15-8-10-18(24)23(22-15)13-5-3-12(20)4-6-13/h3-7,9,11H,8,10H2,1-2H3,(H,21,25). The number of hydrazone groups is 1. The summed E-state index contributed by atoms with van der Waals surface area (Å²) >= 11 is 5.88. The molecule has 0 fully saturated rings. The SMILES string of the molecule is COc1ccc(OC)c(NC(=O)C2=NN(c3ccc(Cl)cc3)C(=O)CC2)c1. The summed E-state index contributed by atoms with van der Waals surface area (Å²) in [5.41, 5.74) is 1.25. The predicted octanol–water partition coefficient (Wildman–Crippen LogP) is 3.48. The second-order valence-corrected chi connectivity index (χ2v) is 6.19. The zero-order chi connectivity index (χ0) is 19.4. The second-order valence-electron chi connectivity index (χ2n) is 5.75. The van der Waals surface area contributed by atoms with Crippen molar-refractivity contribution in [1.29, 1.82) is 0 Å². The molecule has 7 nitrogen and oxygen atoms in total. The van der Waals surface area contributed by atoms with E-state index in [2.05, 4.69) is 10.4 Å². The Balaban J connectivity index is 1.85. The molecule has 0 spiro atoms. The molecule has 0 radical (unpaired) electrons. The van der Waals surface area contributed by atoms with Crippen LogP contribution in [0.25, 0.3) is 0 Å². The lowest BCUT2D eigenvalue weighted by atomic mass is 10.1. The van der Waals surface area contributed by atoms with Gasteiger partial charge in [-0.1, -0.05) is 11.6 Å². The van der Waals surface area contributed by atoms with E-state index in [1.54, 1.807) is 42.5 Å². The molecule has 2 amide bonds. The molecule has 0 unspecified atom stereocenters. The van der Waals surface area contributed by atoms with Gasteiger partial charge in [0.2, 0.25) is 5.91 Å². The summed E-state index contributed by atoms with van der Waals surface area (Å²) in [4.78, 5) is 24.9. The van der Waals surface area contributed by atoms with E-state index in [0.29, 0.717) is 27.9 Å². The molecule has 2 aromatic rings. The van der Waals surface area contributed by atoms with Crippen LogP contribution in [0.3, 0.4) is 0 Å². The second kappa shape index (κ2) is 8.09. The Morgan fingerprint density at radius 1 is 1.11 bits per heavy atom. The highest BCUT2D eigenvalue weighted by Gasteiger charge is 2.26. The number of carbonyl (C=O) groups is 2. The number of rotatable bonds is 5. The highest BCUT2D eigenvalue weighted by molar-refractivity contribution is 6.44. The molecule has 3 rings (SSSR count). The third-order valence-electron chi connectivity index (χ3n) is 4.02. The van der Waals surface area contributed by atoms with Crippen LogP contribution in [0.2, 0.25) is 5.02 Å². The van der Waals surface area contributed by atoms with E-state index in [9.17, 15) is 9.59 Å². The number of halogens is 1. The number of benzene rings is 2. The first-order valence-corrected chi connectivity index (χ1v) is 8.59. The van der Waals surface area contributed by atoms with Crippen LogP contribution < -0.4 is 19.8 Å². The molecule has 0 aromatic heterocycles. The van der Waals surface area contributed by atoms with E-state index in [1.165, 1.54) is 19.2 Å². The number of nitrogens with one attached hydrogen (secondary N) is 1. The number of hydrogen-bond acceptors (Lipinski definition) is 5. The normalized spacial score (nSPS) is 13.8. The molecule has 1 heterocycles. The molecule has 8 heteroatoms. The van der Waals surface area contributed by atoms with Gasteiger partial charge in [-0.2, -0.15) is 5.10 Å². The van der Waals surface area contributed by atoms with Gasteiger partial charge in [0.15, 0.2) is 0 Å². The zero-order valence-electron chi connectivity index (χ0n) is 14.9. The molecule has 1 N–H and O–H groups in total. The van der Waals surface area contributed by atoms with Crippen LogP contribution in [0.4, 0.5) is 11.4 Å². The largest absolute Gasteiger partial charge is 0.497 e. The number of ether oxygens (including phenoxy) is 2. The van der Waals surface area contributed by atoms with Crippen molar-refractivity contribution in [2.45, 2.75) is 12.8 Å². The smallest absolute Gasteiger partial charge is 0.271 e. The van der Waals surface area contributed by atoms with Crippen LogP contribution in [0, 0.1) is 0 Å². The van der Waals surface area contributed by atoms with Gasteiger partial charge in [0, 0.05) is 23.9 Å². The van der Waals surface area contributed by atoms with E-state index in [4.69, 9.17) is 21.1 Å². The van der Waals surface area contributed by atoms with Gasteiger partial charge in [-0.25, -0.2) is 5.01 Å². The lowest BCUT2D eigenvalue weighted by Crippen LogP contribution is -2.36. The third kappa shape index (κ3) is 4.20. The monoisotopic (exact) mass is 387 g/mol. The lowest BCUT2D eigenvalue weighted by Gasteiger charge is -2.23. The van der Waals surface area contributed by atoms with Crippen molar-refractivity contribution in [2.24, 2.45) is 5.10 Å². The molecule has 0 saturated heterocycles. The Morgan fingerprint density at radius 2 is 1.85 bits per heavy atom. The Morgan fingerprint density at radius 3 is 2.52 bits per heavy atom. The summed E-state index contributed by atoms with van der Waals surface area (Å²) in [6.45, 7) is 0. The Bertz CT molecular complexity index is 896. The molecular weight excluding hydrogens is 370 g/mol. The van der Waals surface area contributed by atoms with Gasteiger partial charge in [-0.05, 0) is 36.4 Å². The third-order valence-corrected chi connectivity index (χ3v) is 4.27. The lowest BCUT2D eigenvalue weighted by molar-refractivity contribution is -0.118. The molecule has 140 valence electrons. The Kier molecular flexibility index (Phi) is 5.61. The summed E-state index contributed by atoms with van der Waals surface area (Å²) < 4.78 is 10.4. The van der Waals surface area contributed by atoms with Crippen LogP contribution in [-0.2, 0) is 9.59 Å². The van der Waals surface area contributed by atoms with Gasteiger partial charge in [-0.15, -0.1) is 0 Å². The van der Waals surface area contributed by atoms with Crippen LogP contribution in [0.15, 0.2) is 47.6 Å². The fourth-order valence-electron chi connectivity index (χ4n) is 2.61. The molecule has 0 bridgehead atoms. The maximum atomic E-state index is 12.7. The number of methoxy groups -OCH3 is 2. The van der Waals surface area contributed by atoms with E-state index >= 15 is 0 Å². The predicted molar refractivity (Wildman–Crippen MR) is 104 cm³/mol. The minimum atomic E-state index is -0.409. The topological polar surface area (TPSA) is 80.2 Å². The van der Waals surface area contributed by atoms with Crippen molar-refractivity contribution in [3.05, 3.63) is 47.5 Å². The van der Waals surface area contributed by atoms with Gasteiger partial charge in [0.25, 0.3) is 5.91 Å². The van der Waals surface area contributed by atoms with E-state index < -0.39 is 5.91 Å². The number of hydrogen-bond donors (Lipinski definition) is 1. The summed E-state index contributed by atoms with van der Waals surface area (Å²) in [7, 11) is 3.05. The minimum absolute atomic E-state index is 0.185. The highest BCUT2D eigenvalue weighted by Crippen LogP contribution is 2.29. The van der Waals surface area contributed by atoms with Crippen molar-refractivity contribution < 1.29 is 19.1 Å². The van der Waals surface area contributed by atoms with Crippen LogP contribution in [0.1, 0.15) is 12.8 Å². The van der Waals surface area contributed by atoms with Gasteiger partial charge >= 0.3 is 0 Å². The fourth-order valence-corrected chi connectivity index (χ4v) is 2.73. The van der Waals surface area contributed by atoms with Crippen molar-refractivity contribution >= 4 is 40.5 Å². The number of anilines is 2. The van der Waals surface area contributed by atoms with Crippen molar-refractivity contribution in [3.63, 3.8) is 0 Å². The van der Waals surface area contributed by atoms with E-state index in [0.717, 1.165) is 0 Å². The molecule has 1 aliphatic rings. The quantitative estimate of drug-likeness (QED) is 0.851. The van der Waals surface area contributed by atoms with Gasteiger partial charge in [0.05, 0.1) is 25.6 Å². The first kappa shape index (κ1) is 18.7. The maximum Gasteiger partial charge on any atom is 0.271 e. The fraction of sp³-hybridized carbons (Fsp3) is 0.211. The first-order chi connectivity index (χ1) is 13.0. The Labute approximate surface area is 161 Å². The molecule has 2 aromatic carbocycles. The Hall–Kier alpha value is -3.06. The molecule has 0 saturated carbocycles. The number of amides is 2. The molecule has 0 atom stereocenters. The molecule has 1 aliphatic heterocycles. The van der Waals surface area contributed by atoms with Gasteiger partial charge < -0.3 is 14.8 Å². The highest BCUT2D eigenvalue weighted by atomic mass is 35.5. The van der Waals surface area contributed by atoms with Crippen molar-refractivity contribution in [2.75, 3.05) is 24.5 Å². The van der Waals surface area contributed by atoms with Crippen LogP contribution >= 0.6 is 11.6 Å². The van der Waals surface area contributed by atoms with Crippen LogP contribution in [-0.4, -0.2) is 31.7 Å². The summed E-state index contributed by atoms with van der Waals surface area (Å²) in [6, 6.07) is 11.8. The van der Waals surface area contributed by atoms with E-state index in [1.807, 2.05) is 0 Å². The maximum absolute atomic E-state index is 12.7. The average Bonchev–Trinajstić information content (AvgIpc) is 2.69. The van der Waals surface area contributed by atoms with Gasteiger partial charge in [-0.3, -0.25) is 9.59 Å². The summed E-state index contributed by atoms with van der Waals surface area (Å²) in [5.74, 6) is 0.474. The van der Waals surface area contributed by atoms with Crippen molar-refractivity contribution in [3.8, 4) is 11.5 Å².